The first-order chi connectivity index (χ1) is 9.49. The van der Waals surface area contributed by atoms with Crippen LogP contribution in [0.1, 0.15) is 5.56 Å². The number of anilines is 1. The van der Waals surface area contributed by atoms with Gasteiger partial charge in [0, 0.05) is 38.4 Å². The number of rotatable bonds is 4. The fraction of sp³-hybridized carbons (Fsp3) is 0.571. The van der Waals surface area contributed by atoms with Gasteiger partial charge in [-0.05, 0) is 18.7 Å². The molecular weight excluding hydrogens is 267 g/mol. The van der Waals surface area contributed by atoms with Crippen LogP contribution in [-0.4, -0.2) is 50.8 Å². The van der Waals surface area contributed by atoms with E-state index in [0.29, 0.717) is 26.2 Å². The van der Waals surface area contributed by atoms with Crippen LogP contribution in [0.5, 0.6) is 0 Å². The summed E-state index contributed by atoms with van der Waals surface area (Å²) in [5.41, 5.74) is 2.30. The van der Waals surface area contributed by atoms with Crippen molar-refractivity contribution in [2.45, 2.75) is 12.7 Å². The first-order valence-electron chi connectivity index (χ1n) is 6.76. The van der Waals surface area contributed by atoms with Gasteiger partial charge in [0.25, 0.3) is 0 Å². The largest absolute Gasteiger partial charge is 0.401 e. The van der Waals surface area contributed by atoms with Gasteiger partial charge < -0.3 is 10.2 Å². The average molecular weight is 287 g/mol. The highest BCUT2D eigenvalue weighted by molar-refractivity contribution is 5.54. The first kappa shape index (κ1) is 15.1. The zero-order valence-corrected chi connectivity index (χ0v) is 11.6. The molecule has 1 aliphatic heterocycles. The Morgan fingerprint density at radius 1 is 1.10 bits per heavy atom. The maximum atomic E-state index is 12.4. The van der Waals surface area contributed by atoms with Gasteiger partial charge in [-0.15, -0.1) is 0 Å². The summed E-state index contributed by atoms with van der Waals surface area (Å²) in [7, 11) is 1.89. The Bertz CT molecular complexity index is 426. The lowest BCUT2D eigenvalue weighted by atomic mass is 10.1. The lowest BCUT2D eigenvalue weighted by Crippen LogP contribution is -2.49. The van der Waals surface area contributed by atoms with Gasteiger partial charge in [0.2, 0.25) is 0 Å². The minimum atomic E-state index is -4.10. The minimum absolute atomic E-state index is 0.452. The highest BCUT2D eigenvalue weighted by atomic mass is 19.4. The monoisotopic (exact) mass is 287 g/mol. The van der Waals surface area contributed by atoms with Crippen LogP contribution in [0.25, 0.3) is 0 Å². The van der Waals surface area contributed by atoms with E-state index >= 15 is 0 Å². The number of nitrogens with one attached hydrogen (secondary N) is 1. The number of halogens is 3. The maximum Gasteiger partial charge on any atom is 0.401 e. The molecule has 1 aliphatic rings. The van der Waals surface area contributed by atoms with Gasteiger partial charge >= 0.3 is 6.18 Å². The third kappa shape index (κ3) is 4.11. The van der Waals surface area contributed by atoms with Crippen LogP contribution >= 0.6 is 0 Å². The van der Waals surface area contributed by atoms with Crippen LogP contribution in [0.15, 0.2) is 24.3 Å². The van der Waals surface area contributed by atoms with Crippen molar-refractivity contribution in [2.75, 3.05) is 44.7 Å². The Labute approximate surface area is 117 Å². The van der Waals surface area contributed by atoms with Crippen LogP contribution in [0.2, 0.25) is 0 Å². The molecular formula is C14H20F3N3. The molecule has 0 radical (unpaired) electrons. The number of alkyl halides is 3. The molecule has 0 amide bonds. The van der Waals surface area contributed by atoms with Crippen molar-refractivity contribution < 1.29 is 13.2 Å². The van der Waals surface area contributed by atoms with Gasteiger partial charge in [-0.25, -0.2) is 0 Å². The van der Waals surface area contributed by atoms with Crippen molar-refractivity contribution in [3.8, 4) is 0 Å². The van der Waals surface area contributed by atoms with Crippen LogP contribution in [-0.2, 0) is 6.54 Å². The zero-order valence-electron chi connectivity index (χ0n) is 11.6. The van der Waals surface area contributed by atoms with Crippen LogP contribution in [0.4, 0.5) is 18.9 Å². The van der Waals surface area contributed by atoms with E-state index in [1.807, 2.05) is 31.3 Å². The molecule has 2 rings (SSSR count). The van der Waals surface area contributed by atoms with E-state index in [-0.39, 0.29) is 0 Å². The van der Waals surface area contributed by atoms with Crippen molar-refractivity contribution in [3.63, 3.8) is 0 Å². The van der Waals surface area contributed by atoms with E-state index in [0.717, 1.165) is 12.2 Å². The summed E-state index contributed by atoms with van der Waals surface area (Å²) in [5, 5.41) is 3.12. The maximum absolute atomic E-state index is 12.4. The second-order valence-electron chi connectivity index (χ2n) is 5.04. The summed E-state index contributed by atoms with van der Waals surface area (Å²) in [4.78, 5) is 3.64. The quantitative estimate of drug-likeness (QED) is 0.915. The first-order valence-corrected chi connectivity index (χ1v) is 6.76. The second-order valence-corrected chi connectivity index (χ2v) is 5.04. The number of benzene rings is 1. The van der Waals surface area contributed by atoms with E-state index < -0.39 is 12.7 Å². The molecule has 0 spiro atoms. The summed E-state index contributed by atoms with van der Waals surface area (Å²) < 4.78 is 37.1. The van der Waals surface area contributed by atoms with Crippen LogP contribution < -0.4 is 10.2 Å². The number of hydrogen-bond donors (Lipinski definition) is 1. The SMILES string of the molecule is CNCc1ccccc1N1CCN(CC(F)(F)F)CC1. The van der Waals surface area contributed by atoms with Gasteiger partial charge in [0.1, 0.15) is 0 Å². The third-order valence-corrected chi connectivity index (χ3v) is 3.47. The van der Waals surface area contributed by atoms with Gasteiger partial charge in [-0.3, -0.25) is 4.90 Å². The predicted octanol–water partition coefficient (Wildman–Crippen LogP) is 2.09. The number of para-hydroxylation sites is 1. The molecule has 1 fully saturated rings. The number of hydrogen-bond acceptors (Lipinski definition) is 3. The lowest BCUT2D eigenvalue weighted by Gasteiger charge is -2.37. The van der Waals surface area contributed by atoms with Gasteiger partial charge in [0.15, 0.2) is 0 Å². The summed E-state index contributed by atoms with van der Waals surface area (Å²) in [6.45, 7) is 2.13. The van der Waals surface area contributed by atoms with Gasteiger partial charge in [-0.2, -0.15) is 13.2 Å². The Balaban J connectivity index is 1.97. The molecule has 1 aromatic carbocycles. The second kappa shape index (κ2) is 6.45. The van der Waals surface area contributed by atoms with Crippen LogP contribution in [0.3, 0.4) is 0 Å². The zero-order chi connectivity index (χ0) is 14.6. The van der Waals surface area contributed by atoms with E-state index in [1.54, 1.807) is 0 Å². The number of piperazine rings is 1. The normalized spacial score (nSPS) is 17.5. The fourth-order valence-corrected chi connectivity index (χ4v) is 2.56. The molecule has 0 aliphatic carbocycles. The molecule has 1 aromatic rings. The van der Waals surface area contributed by atoms with E-state index in [9.17, 15) is 13.2 Å². The molecule has 0 unspecified atom stereocenters. The Hall–Kier alpha value is -1.27. The smallest absolute Gasteiger partial charge is 0.369 e. The molecule has 0 aromatic heterocycles. The van der Waals surface area contributed by atoms with Gasteiger partial charge in [-0.1, -0.05) is 18.2 Å². The van der Waals surface area contributed by atoms with Crippen molar-refractivity contribution >= 4 is 5.69 Å². The molecule has 3 nitrogen and oxygen atoms in total. The highest BCUT2D eigenvalue weighted by Gasteiger charge is 2.32. The van der Waals surface area contributed by atoms with Crippen molar-refractivity contribution in [2.24, 2.45) is 0 Å². The molecule has 0 saturated carbocycles. The molecule has 1 heterocycles. The topological polar surface area (TPSA) is 18.5 Å². The molecule has 20 heavy (non-hydrogen) atoms. The minimum Gasteiger partial charge on any atom is -0.369 e. The van der Waals surface area contributed by atoms with E-state index in [4.69, 9.17) is 0 Å². The molecule has 0 bridgehead atoms. The third-order valence-electron chi connectivity index (χ3n) is 3.47. The molecule has 112 valence electrons. The number of nitrogens with zero attached hydrogens (tertiary/aromatic N) is 2. The predicted molar refractivity (Wildman–Crippen MR) is 73.9 cm³/mol. The summed E-state index contributed by atoms with van der Waals surface area (Å²) in [6.07, 6.45) is -4.10. The standard InChI is InChI=1S/C14H20F3N3/c1-18-10-12-4-2-3-5-13(12)20-8-6-19(7-9-20)11-14(15,16)17/h2-5,18H,6-11H2,1H3. The Morgan fingerprint density at radius 2 is 1.75 bits per heavy atom. The summed E-state index contributed by atoms with van der Waals surface area (Å²) in [6, 6.07) is 8.03. The summed E-state index contributed by atoms with van der Waals surface area (Å²) in [5.74, 6) is 0. The Morgan fingerprint density at radius 3 is 2.35 bits per heavy atom. The molecule has 1 N–H and O–H groups in total. The van der Waals surface area contributed by atoms with Crippen molar-refractivity contribution in [1.82, 2.24) is 10.2 Å². The van der Waals surface area contributed by atoms with Crippen molar-refractivity contribution in [3.05, 3.63) is 29.8 Å². The summed E-state index contributed by atoms with van der Waals surface area (Å²) >= 11 is 0. The average Bonchev–Trinajstić information content (AvgIpc) is 2.39. The van der Waals surface area contributed by atoms with E-state index in [2.05, 4.69) is 10.2 Å². The Kier molecular flexibility index (Phi) is 4.88. The lowest BCUT2D eigenvalue weighted by molar-refractivity contribution is -0.146. The highest BCUT2D eigenvalue weighted by Crippen LogP contribution is 2.23. The molecule has 1 saturated heterocycles. The molecule has 6 heteroatoms. The van der Waals surface area contributed by atoms with Gasteiger partial charge in [0.05, 0.1) is 6.54 Å². The fourth-order valence-electron chi connectivity index (χ4n) is 2.56. The van der Waals surface area contributed by atoms with Crippen molar-refractivity contribution in [1.29, 1.82) is 0 Å². The van der Waals surface area contributed by atoms with E-state index in [1.165, 1.54) is 10.5 Å². The molecule has 0 atom stereocenters. The van der Waals surface area contributed by atoms with Crippen LogP contribution in [0, 0.1) is 0 Å².